The maximum absolute atomic E-state index is 12.5. The minimum absolute atomic E-state index is 0.158. The van der Waals surface area contributed by atoms with Crippen molar-refractivity contribution in [3.63, 3.8) is 0 Å². The van der Waals surface area contributed by atoms with E-state index in [0.29, 0.717) is 18.1 Å². The van der Waals surface area contributed by atoms with Crippen LogP contribution in [0.15, 0.2) is 35.3 Å². The second kappa shape index (κ2) is 5.28. The number of nitrogens with one attached hydrogen (secondary N) is 1. The van der Waals surface area contributed by atoms with Crippen molar-refractivity contribution in [1.82, 2.24) is 9.55 Å². The van der Waals surface area contributed by atoms with Gasteiger partial charge in [-0.25, -0.2) is 9.78 Å². The molecule has 0 atom stereocenters. The number of ether oxygens (including phenoxy) is 2. The van der Waals surface area contributed by atoms with Gasteiger partial charge in [-0.15, -0.1) is 0 Å². The van der Waals surface area contributed by atoms with Gasteiger partial charge in [-0.2, -0.15) is 0 Å². The van der Waals surface area contributed by atoms with Gasteiger partial charge in [0.2, 0.25) is 5.75 Å². The Morgan fingerprint density at radius 3 is 3.05 bits per heavy atom. The highest BCUT2D eigenvalue weighted by atomic mass is 16.7. The van der Waals surface area contributed by atoms with Crippen molar-refractivity contribution in [2.45, 2.75) is 13.5 Å². The number of carbonyl (C=O) groups excluding carboxylic acids is 1. The smallest absolute Gasteiger partial charge is 0.434 e. The lowest BCUT2D eigenvalue weighted by molar-refractivity contribution is 0.103. The number of hydrogen-bond acceptors (Lipinski definition) is 6. The molecule has 1 aliphatic rings. The molecule has 2 heterocycles. The van der Waals surface area contributed by atoms with E-state index >= 15 is 0 Å². The van der Waals surface area contributed by atoms with E-state index < -0.39 is 11.7 Å². The average Bonchev–Trinajstić information content (AvgIpc) is 2.50. The van der Waals surface area contributed by atoms with Gasteiger partial charge in [0.25, 0.3) is 0 Å². The molecule has 1 N–H and O–H groups in total. The predicted molar refractivity (Wildman–Crippen MR) is 74.8 cm³/mol. The number of nitrogens with zero attached hydrogens (tertiary/aromatic N) is 2. The third-order valence-electron chi connectivity index (χ3n) is 3.04. The van der Waals surface area contributed by atoms with E-state index in [1.165, 1.54) is 10.8 Å². The molecule has 108 valence electrons. The summed E-state index contributed by atoms with van der Waals surface area (Å²) in [5.41, 5.74) is 1.05. The molecule has 7 heteroatoms. The molecule has 0 bridgehead atoms. The van der Waals surface area contributed by atoms with Crippen LogP contribution in [0.2, 0.25) is 0 Å². The molecule has 0 spiro atoms. The standard InChI is InChI=1S/C14H13N3O4/c1-2-20-14(19)21-11-7-16-12-8-15-9-5-3-4-6-10(9)17(12)13(11)18/h3-7,15H,2,8H2,1H3. The Kier molecular flexibility index (Phi) is 3.31. The number of hydrogen-bond donors (Lipinski definition) is 1. The Labute approximate surface area is 120 Å². The minimum atomic E-state index is -0.917. The first-order chi connectivity index (χ1) is 10.2. The number of rotatable bonds is 2. The maximum atomic E-state index is 12.5. The minimum Gasteiger partial charge on any atom is -0.434 e. The van der Waals surface area contributed by atoms with Gasteiger partial charge < -0.3 is 14.8 Å². The first-order valence-corrected chi connectivity index (χ1v) is 6.49. The summed E-state index contributed by atoms with van der Waals surface area (Å²) in [6.45, 7) is 2.25. The van der Waals surface area contributed by atoms with Crippen molar-refractivity contribution >= 4 is 11.8 Å². The van der Waals surface area contributed by atoms with Crippen LogP contribution in [0.3, 0.4) is 0 Å². The summed E-state index contributed by atoms with van der Waals surface area (Å²) < 4.78 is 11.0. The molecule has 0 fully saturated rings. The molecule has 3 rings (SSSR count). The fourth-order valence-electron chi connectivity index (χ4n) is 2.15. The summed E-state index contributed by atoms with van der Waals surface area (Å²) in [7, 11) is 0. The Morgan fingerprint density at radius 1 is 1.43 bits per heavy atom. The molecular formula is C14H13N3O4. The Bertz CT molecular complexity index is 754. The first-order valence-electron chi connectivity index (χ1n) is 6.49. The molecule has 0 saturated carbocycles. The van der Waals surface area contributed by atoms with Crippen LogP contribution in [0.5, 0.6) is 5.75 Å². The normalized spacial score (nSPS) is 11.9. The van der Waals surface area contributed by atoms with Gasteiger partial charge in [-0.1, -0.05) is 12.1 Å². The zero-order chi connectivity index (χ0) is 14.8. The van der Waals surface area contributed by atoms with Crippen molar-refractivity contribution < 1.29 is 14.3 Å². The monoisotopic (exact) mass is 287 g/mol. The molecule has 2 aromatic rings. The summed E-state index contributed by atoms with van der Waals surface area (Å²) in [6.07, 6.45) is 0.319. The lowest BCUT2D eigenvalue weighted by Gasteiger charge is -2.22. The summed E-state index contributed by atoms with van der Waals surface area (Å²) in [5.74, 6) is 0.392. The second-order valence-electron chi connectivity index (χ2n) is 4.34. The van der Waals surface area contributed by atoms with Crippen LogP contribution in [0, 0.1) is 0 Å². The van der Waals surface area contributed by atoms with Crippen LogP contribution in [0.1, 0.15) is 12.7 Å². The number of fused-ring (bicyclic) bond motifs is 3. The Morgan fingerprint density at radius 2 is 2.24 bits per heavy atom. The molecule has 1 aromatic heterocycles. The summed E-state index contributed by atoms with van der Waals surface area (Å²) in [6, 6.07) is 7.35. The van der Waals surface area contributed by atoms with E-state index in [0.717, 1.165) is 5.69 Å². The van der Waals surface area contributed by atoms with Gasteiger partial charge in [0.1, 0.15) is 5.82 Å². The van der Waals surface area contributed by atoms with Gasteiger partial charge in [0.05, 0.1) is 30.7 Å². The van der Waals surface area contributed by atoms with Crippen molar-refractivity contribution in [2.24, 2.45) is 0 Å². The molecule has 0 saturated heterocycles. The summed E-state index contributed by atoms with van der Waals surface area (Å²) in [4.78, 5) is 28.0. The molecule has 21 heavy (non-hydrogen) atoms. The number of para-hydroxylation sites is 2. The largest absolute Gasteiger partial charge is 0.514 e. The molecule has 1 aromatic carbocycles. The van der Waals surface area contributed by atoms with Crippen molar-refractivity contribution in [1.29, 1.82) is 0 Å². The van der Waals surface area contributed by atoms with Crippen molar-refractivity contribution in [3.05, 3.63) is 46.6 Å². The zero-order valence-corrected chi connectivity index (χ0v) is 11.3. The van der Waals surface area contributed by atoms with Crippen LogP contribution in [0.4, 0.5) is 10.5 Å². The molecule has 0 unspecified atom stereocenters. The first kappa shape index (κ1) is 13.2. The highest BCUT2D eigenvalue weighted by Gasteiger charge is 2.20. The third-order valence-corrected chi connectivity index (χ3v) is 3.04. The van der Waals surface area contributed by atoms with E-state index in [4.69, 9.17) is 4.74 Å². The number of carbonyl (C=O) groups is 1. The molecular weight excluding hydrogens is 274 g/mol. The topological polar surface area (TPSA) is 82.5 Å². The van der Waals surface area contributed by atoms with Crippen LogP contribution < -0.4 is 15.6 Å². The third kappa shape index (κ3) is 2.33. The quantitative estimate of drug-likeness (QED) is 0.846. The van der Waals surface area contributed by atoms with Gasteiger partial charge in [0.15, 0.2) is 0 Å². The van der Waals surface area contributed by atoms with Crippen molar-refractivity contribution in [2.75, 3.05) is 11.9 Å². The maximum Gasteiger partial charge on any atom is 0.514 e. The zero-order valence-electron chi connectivity index (χ0n) is 11.3. The number of aromatic nitrogens is 2. The fraction of sp³-hybridized carbons (Fsp3) is 0.214. The lowest BCUT2D eigenvalue weighted by atomic mass is 10.2. The van der Waals surface area contributed by atoms with Gasteiger partial charge in [-0.3, -0.25) is 9.36 Å². The number of benzene rings is 1. The van der Waals surface area contributed by atoms with E-state index in [1.807, 2.05) is 18.2 Å². The molecule has 7 nitrogen and oxygen atoms in total. The highest BCUT2D eigenvalue weighted by molar-refractivity contribution is 5.65. The van der Waals surface area contributed by atoms with E-state index in [1.54, 1.807) is 13.0 Å². The molecule has 1 aliphatic heterocycles. The van der Waals surface area contributed by atoms with Gasteiger partial charge in [-0.05, 0) is 19.1 Å². The van der Waals surface area contributed by atoms with Crippen LogP contribution in [0.25, 0.3) is 5.69 Å². The number of anilines is 1. The lowest BCUT2D eigenvalue weighted by Crippen LogP contribution is -2.30. The second-order valence-corrected chi connectivity index (χ2v) is 4.34. The van der Waals surface area contributed by atoms with Crippen LogP contribution in [-0.2, 0) is 11.3 Å². The summed E-state index contributed by atoms with van der Waals surface area (Å²) in [5, 5.41) is 3.17. The Balaban J connectivity index is 2.06. The highest BCUT2D eigenvalue weighted by Crippen LogP contribution is 2.24. The fourth-order valence-corrected chi connectivity index (χ4v) is 2.15. The van der Waals surface area contributed by atoms with Gasteiger partial charge in [0, 0.05) is 0 Å². The Hall–Kier alpha value is -2.83. The van der Waals surface area contributed by atoms with Crippen molar-refractivity contribution in [3.8, 4) is 11.4 Å². The van der Waals surface area contributed by atoms with Crippen LogP contribution in [-0.4, -0.2) is 22.3 Å². The average molecular weight is 287 g/mol. The molecule has 0 amide bonds. The van der Waals surface area contributed by atoms with E-state index in [2.05, 4.69) is 15.0 Å². The van der Waals surface area contributed by atoms with Gasteiger partial charge >= 0.3 is 11.7 Å². The summed E-state index contributed by atoms with van der Waals surface area (Å²) >= 11 is 0. The van der Waals surface area contributed by atoms with E-state index in [9.17, 15) is 9.59 Å². The molecule has 0 aliphatic carbocycles. The molecule has 0 radical (unpaired) electrons. The predicted octanol–water partition coefficient (Wildman–Crippen LogP) is 1.69. The van der Waals surface area contributed by atoms with E-state index in [-0.39, 0.29) is 12.4 Å². The van der Waals surface area contributed by atoms with Crippen LogP contribution >= 0.6 is 0 Å². The SMILES string of the molecule is CCOC(=O)Oc1cnc2n(c1=O)-c1ccccc1NC2.